The van der Waals surface area contributed by atoms with Crippen LogP contribution >= 0.6 is 0 Å². The second-order valence-electron chi connectivity index (χ2n) is 8.08. The van der Waals surface area contributed by atoms with E-state index in [1.165, 1.54) is 0 Å². The van der Waals surface area contributed by atoms with Crippen molar-refractivity contribution in [2.45, 2.75) is 57.0 Å². The Kier molecular flexibility index (Phi) is 6.69. The number of hydrogen-bond acceptors (Lipinski definition) is 4. The zero-order valence-corrected chi connectivity index (χ0v) is 16.4. The molecular formula is C22H30N4O2. The molecule has 1 aromatic rings. The minimum Gasteiger partial charge on any atom is -0.369 e. The summed E-state index contributed by atoms with van der Waals surface area (Å²) in [6.45, 7) is 1.68. The van der Waals surface area contributed by atoms with Gasteiger partial charge in [-0.1, -0.05) is 49.6 Å². The van der Waals surface area contributed by atoms with Crippen molar-refractivity contribution in [2.75, 3.05) is 13.1 Å². The van der Waals surface area contributed by atoms with E-state index < -0.39 is 17.4 Å². The van der Waals surface area contributed by atoms with E-state index in [0.29, 0.717) is 32.5 Å². The predicted molar refractivity (Wildman–Crippen MR) is 107 cm³/mol. The monoisotopic (exact) mass is 382 g/mol. The predicted octanol–water partition coefficient (Wildman–Crippen LogP) is 2.34. The molecule has 150 valence electrons. The van der Waals surface area contributed by atoms with E-state index in [9.17, 15) is 14.9 Å². The van der Waals surface area contributed by atoms with E-state index in [4.69, 9.17) is 5.73 Å². The summed E-state index contributed by atoms with van der Waals surface area (Å²) in [5.74, 6) is -1.69. The van der Waals surface area contributed by atoms with Crippen molar-refractivity contribution in [3.8, 4) is 6.07 Å². The molecular weight excluding hydrogens is 352 g/mol. The molecule has 3 N–H and O–H groups in total. The maximum absolute atomic E-state index is 13.7. The molecule has 2 aliphatic rings. The van der Waals surface area contributed by atoms with Crippen molar-refractivity contribution in [3.63, 3.8) is 0 Å². The van der Waals surface area contributed by atoms with Crippen LogP contribution in [0.4, 0.5) is 0 Å². The first-order valence-corrected chi connectivity index (χ1v) is 10.3. The van der Waals surface area contributed by atoms with Gasteiger partial charge < -0.3 is 16.0 Å². The lowest BCUT2D eigenvalue weighted by molar-refractivity contribution is -0.149. The fourth-order valence-electron chi connectivity index (χ4n) is 4.68. The van der Waals surface area contributed by atoms with Crippen molar-refractivity contribution >= 4 is 11.8 Å². The summed E-state index contributed by atoms with van der Waals surface area (Å²) in [6, 6.07) is 12.1. The second-order valence-corrected chi connectivity index (χ2v) is 8.08. The number of carbonyl (C=O) groups excluding carboxylic acids is 2. The van der Waals surface area contributed by atoms with Crippen LogP contribution in [0.3, 0.4) is 0 Å². The van der Waals surface area contributed by atoms with Crippen LogP contribution in [0.2, 0.25) is 0 Å². The average molecular weight is 383 g/mol. The average Bonchev–Trinajstić information content (AvgIpc) is 2.74. The third-order valence-electron chi connectivity index (χ3n) is 6.30. The Balaban J connectivity index is 1.95. The van der Waals surface area contributed by atoms with Crippen molar-refractivity contribution in [1.29, 1.82) is 5.26 Å². The molecule has 1 atom stereocenters. The van der Waals surface area contributed by atoms with Gasteiger partial charge in [-0.3, -0.25) is 9.59 Å². The Labute approximate surface area is 167 Å². The molecule has 1 heterocycles. The van der Waals surface area contributed by atoms with Gasteiger partial charge in [0.25, 0.3) is 0 Å². The van der Waals surface area contributed by atoms with Crippen molar-refractivity contribution in [2.24, 2.45) is 17.6 Å². The van der Waals surface area contributed by atoms with E-state index in [2.05, 4.69) is 11.4 Å². The number of benzene rings is 1. The SMILES string of the molecule is N#CC1(N(Cc2ccccc2)C(=O)C(C(N)=O)C2CCCCC2)CCNCC1. The van der Waals surface area contributed by atoms with Crippen molar-refractivity contribution in [1.82, 2.24) is 10.2 Å². The van der Waals surface area contributed by atoms with Gasteiger partial charge in [0.1, 0.15) is 11.5 Å². The minimum absolute atomic E-state index is 0.0190. The molecule has 1 saturated carbocycles. The molecule has 6 nitrogen and oxygen atoms in total. The molecule has 0 spiro atoms. The van der Waals surface area contributed by atoms with E-state index in [0.717, 1.165) is 37.7 Å². The van der Waals surface area contributed by atoms with Gasteiger partial charge in [-0.2, -0.15) is 5.26 Å². The Morgan fingerprint density at radius 1 is 1.18 bits per heavy atom. The number of nitrogens with one attached hydrogen (secondary N) is 1. The lowest BCUT2D eigenvalue weighted by Crippen LogP contribution is -2.59. The molecule has 2 amide bonds. The van der Waals surface area contributed by atoms with Crippen LogP contribution in [0, 0.1) is 23.2 Å². The number of carbonyl (C=O) groups is 2. The highest BCUT2D eigenvalue weighted by Gasteiger charge is 2.46. The highest BCUT2D eigenvalue weighted by atomic mass is 16.2. The first-order valence-electron chi connectivity index (χ1n) is 10.3. The van der Waals surface area contributed by atoms with Gasteiger partial charge in [0, 0.05) is 6.54 Å². The van der Waals surface area contributed by atoms with Crippen LogP contribution < -0.4 is 11.1 Å². The fraction of sp³-hybridized carbons (Fsp3) is 0.591. The van der Waals surface area contributed by atoms with Gasteiger partial charge >= 0.3 is 0 Å². The Morgan fingerprint density at radius 3 is 2.39 bits per heavy atom. The van der Waals surface area contributed by atoms with Crippen LogP contribution in [0.1, 0.15) is 50.5 Å². The zero-order valence-electron chi connectivity index (χ0n) is 16.4. The number of primary amides is 1. The quantitative estimate of drug-likeness (QED) is 0.738. The van der Waals surface area contributed by atoms with Crippen LogP contribution in [0.25, 0.3) is 0 Å². The first-order chi connectivity index (χ1) is 13.6. The van der Waals surface area contributed by atoms with E-state index >= 15 is 0 Å². The molecule has 0 radical (unpaired) electrons. The Bertz CT molecular complexity index is 716. The van der Waals surface area contributed by atoms with Gasteiger partial charge in [0.15, 0.2) is 0 Å². The lowest BCUT2D eigenvalue weighted by atomic mass is 9.77. The van der Waals surface area contributed by atoms with E-state index in [-0.39, 0.29) is 11.8 Å². The molecule has 1 aliphatic carbocycles. The Hall–Kier alpha value is -2.39. The maximum atomic E-state index is 13.7. The number of piperidine rings is 1. The summed E-state index contributed by atoms with van der Waals surface area (Å²) >= 11 is 0. The Morgan fingerprint density at radius 2 is 1.82 bits per heavy atom. The number of nitrogens with zero attached hydrogens (tertiary/aromatic N) is 2. The molecule has 3 rings (SSSR count). The number of nitriles is 1. The topological polar surface area (TPSA) is 99.2 Å². The van der Waals surface area contributed by atoms with Crippen LogP contribution in [-0.2, 0) is 16.1 Å². The molecule has 2 fully saturated rings. The highest BCUT2D eigenvalue weighted by molar-refractivity contribution is 6.00. The van der Waals surface area contributed by atoms with Gasteiger partial charge in [-0.15, -0.1) is 0 Å². The fourth-order valence-corrected chi connectivity index (χ4v) is 4.68. The van der Waals surface area contributed by atoms with Gasteiger partial charge in [0.2, 0.25) is 11.8 Å². The third kappa shape index (κ3) is 4.36. The summed E-state index contributed by atoms with van der Waals surface area (Å²) in [6.07, 6.45) is 5.98. The third-order valence-corrected chi connectivity index (χ3v) is 6.30. The maximum Gasteiger partial charge on any atom is 0.237 e. The molecule has 1 saturated heterocycles. The summed E-state index contributed by atoms with van der Waals surface area (Å²) in [4.78, 5) is 27.7. The number of rotatable bonds is 6. The first kappa shape index (κ1) is 20.3. The molecule has 0 bridgehead atoms. The summed E-state index contributed by atoms with van der Waals surface area (Å²) in [7, 11) is 0. The van der Waals surface area contributed by atoms with Gasteiger partial charge in [-0.05, 0) is 50.3 Å². The normalized spacial score (nSPS) is 20.7. The van der Waals surface area contributed by atoms with Crippen LogP contribution in [0.15, 0.2) is 30.3 Å². The van der Waals surface area contributed by atoms with Crippen molar-refractivity contribution in [3.05, 3.63) is 35.9 Å². The summed E-state index contributed by atoms with van der Waals surface area (Å²) in [5.41, 5.74) is 5.78. The second kappa shape index (κ2) is 9.20. The van der Waals surface area contributed by atoms with Crippen molar-refractivity contribution < 1.29 is 9.59 Å². The van der Waals surface area contributed by atoms with E-state index in [1.807, 2.05) is 30.3 Å². The molecule has 28 heavy (non-hydrogen) atoms. The van der Waals surface area contributed by atoms with Crippen LogP contribution in [0.5, 0.6) is 0 Å². The number of nitrogens with two attached hydrogens (primary N) is 1. The minimum atomic E-state index is -0.902. The largest absolute Gasteiger partial charge is 0.369 e. The zero-order chi connectivity index (χ0) is 20.0. The van der Waals surface area contributed by atoms with Gasteiger partial charge in [-0.25, -0.2) is 0 Å². The molecule has 1 aliphatic heterocycles. The number of amides is 2. The summed E-state index contributed by atoms with van der Waals surface area (Å²) < 4.78 is 0. The number of hydrogen-bond donors (Lipinski definition) is 2. The smallest absolute Gasteiger partial charge is 0.237 e. The highest BCUT2D eigenvalue weighted by Crippen LogP contribution is 2.35. The van der Waals surface area contributed by atoms with E-state index in [1.54, 1.807) is 4.90 Å². The molecule has 6 heteroatoms. The molecule has 0 aromatic heterocycles. The lowest BCUT2D eigenvalue weighted by Gasteiger charge is -2.44. The van der Waals surface area contributed by atoms with Crippen LogP contribution in [-0.4, -0.2) is 35.3 Å². The molecule has 1 aromatic carbocycles. The molecule has 1 unspecified atom stereocenters. The standard InChI is InChI=1S/C22H30N4O2/c23-16-22(11-13-25-14-12-22)26(15-17-7-3-1-4-8-17)21(28)19(20(24)27)18-9-5-2-6-10-18/h1,3-4,7-8,18-19,25H,2,5-6,9-15H2,(H2,24,27). The van der Waals surface area contributed by atoms with Gasteiger partial charge in [0.05, 0.1) is 6.07 Å². The summed E-state index contributed by atoms with van der Waals surface area (Å²) in [5, 5.41) is 13.3.